The van der Waals surface area contributed by atoms with Gasteiger partial charge in [-0.1, -0.05) is 13.8 Å². The Morgan fingerprint density at radius 1 is 1.23 bits per heavy atom. The second-order valence-corrected chi connectivity index (χ2v) is 4.27. The number of piperidine rings is 1. The maximum absolute atomic E-state index is 3.48. The molecule has 1 unspecified atom stereocenters. The molecule has 78 valence electrons. The highest BCUT2D eigenvalue weighted by atomic mass is 15.1. The van der Waals surface area contributed by atoms with Crippen LogP contribution in [-0.2, 0) is 0 Å². The van der Waals surface area contributed by atoms with Crippen molar-refractivity contribution in [2.24, 2.45) is 5.41 Å². The summed E-state index contributed by atoms with van der Waals surface area (Å²) in [4.78, 5) is 2.48. The highest BCUT2D eigenvalue weighted by Gasteiger charge is 2.36. The van der Waals surface area contributed by atoms with Crippen molar-refractivity contribution in [2.45, 2.75) is 33.1 Å². The Hall–Kier alpha value is -0.0800. The number of nitrogens with zero attached hydrogens (tertiary/aromatic N) is 1. The molecule has 1 spiro atoms. The van der Waals surface area contributed by atoms with Gasteiger partial charge in [0.15, 0.2) is 0 Å². The highest BCUT2D eigenvalue weighted by Crippen LogP contribution is 2.34. The standard InChI is InChI=1S/C9H18N2.C2H6/c1-11-6-2-3-9(8-11)4-5-10-7-9;1-2/h10H,2-8H2,1H3;1-2H3. The van der Waals surface area contributed by atoms with Gasteiger partial charge >= 0.3 is 0 Å². The predicted molar refractivity (Wildman–Crippen MR) is 58.0 cm³/mol. The van der Waals surface area contributed by atoms with E-state index < -0.39 is 0 Å². The van der Waals surface area contributed by atoms with Gasteiger partial charge in [0.1, 0.15) is 0 Å². The predicted octanol–water partition coefficient (Wildman–Crippen LogP) is 1.72. The minimum Gasteiger partial charge on any atom is -0.316 e. The third-order valence-electron chi connectivity index (χ3n) is 3.18. The minimum atomic E-state index is 0.660. The average Bonchev–Trinajstić information content (AvgIpc) is 2.56. The van der Waals surface area contributed by atoms with Gasteiger partial charge in [0.2, 0.25) is 0 Å². The third kappa shape index (κ3) is 2.68. The van der Waals surface area contributed by atoms with Gasteiger partial charge in [-0.05, 0) is 44.8 Å². The van der Waals surface area contributed by atoms with Crippen LogP contribution in [0, 0.1) is 5.41 Å². The fourth-order valence-corrected chi connectivity index (χ4v) is 2.60. The van der Waals surface area contributed by atoms with E-state index in [1.165, 1.54) is 45.4 Å². The van der Waals surface area contributed by atoms with E-state index in [1.807, 2.05) is 13.8 Å². The van der Waals surface area contributed by atoms with Gasteiger partial charge in [0.05, 0.1) is 0 Å². The SMILES string of the molecule is CC.CN1CCCC2(CCNC2)C1. The smallest absolute Gasteiger partial charge is 0.00476 e. The molecule has 0 bridgehead atoms. The lowest BCUT2D eigenvalue weighted by atomic mass is 9.79. The Bertz CT molecular complexity index is 139. The summed E-state index contributed by atoms with van der Waals surface area (Å²) in [5.41, 5.74) is 0.660. The van der Waals surface area contributed by atoms with Crippen LogP contribution in [0.3, 0.4) is 0 Å². The van der Waals surface area contributed by atoms with Gasteiger partial charge in [0.25, 0.3) is 0 Å². The van der Waals surface area contributed by atoms with Gasteiger partial charge in [-0.25, -0.2) is 0 Å². The van der Waals surface area contributed by atoms with E-state index in [1.54, 1.807) is 0 Å². The van der Waals surface area contributed by atoms with Crippen LogP contribution >= 0.6 is 0 Å². The van der Waals surface area contributed by atoms with E-state index in [2.05, 4.69) is 17.3 Å². The normalized spacial score (nSPS) is 34.4. The lowest BCUT2D eigenvalue weighted by molar-refractivity contribution is 0.126. The summed E-state index contributed by atoms with van der Waals surface area (Å²) in [6, 6.07) is 0. The van der Waals surface area contributed by atoms with E-state index in [0.29, 0.717) is 5.41 Å². The Labute approximate surface area is 82.7 Å². The number of hydrogen-bond acceptors (Lipinski definition) is 2. The Morgan fingerprint density at radius 2 is 2.00 bits per heavy atom. The molecule has 0 aliphatic carbocycles. The van der Waals surface area contributed by atoms with Crippen LogP contribution in [0.5, 0.6) is 0 Å². The third-order valence-corrected chi connectivity index (χ3v) is 3.18. The van der Waals surface area contributed by atoms with Crippen LogP contribution in [0.4, 0.5) is 0 Å². The number of hydrogen-bond donors (Lipinski definition) is 1. The molecule has 2 aliphatic heterocycles. The Morgan fingerprint density at radius 3 is 2.54 bits per heavy atom. The fraction of sp³-hybridized carbons (Fsp3) is 1.00. The average molecular weight is 184 g/mol. The molecule has 2 aliphatic rings. The molecular formula is C11H24N2. The van der Waals surface area contributed by atoms with Crippen molar-refractivity contribution in [2.75, 3.05) is 33.2 Å². The molecule has 1 atom stereocenters. The molecule has 2 saturated heterocycles. The van der Waals surface area contributed by atoms with Crippen molar-refractivity contribution < 1.29 is 0 Å². The molecule has 2 nitrogen and oxygen atoms in total. The molecule has 2 fully saturated rings. The number of rotatable bonds is 0. The summed E-state index contributed by atoms with van der Waals surface area (Å²) < 4.78 is 0. The van der Waals surface area contributed by atoms with Crippen molar-refractivity contribution >= 4 is 0 Å². The molecule has 2 rings (SSSR count). The van der Waals surface area contributed by atoms with Gasteiger partial charge in [-0.15, -0.1) is 0 Å². The molecule has 13 heavy (non-hydrogen) atoms. The summed E-state index contributed by atoms with van der Waals surface area (Å²) in [6.07, 6.45) is 4.25. The van der Waals surface area contributed by atoms with Crippen molar-refractivity contribution in [1.82, 2.24) is 10.2 Å². The van der Waals surface area contributed by atoms with E-state index >= 15 is 0 Å². The van der Waals surface area contributed by atoms with Crippen molar-refractivity contribution in [3.63, 3.8) is 0 Å². The molecule has 2 heteroatoms. The zero-order chi connectivity index (χ0) is 9.73. The summed E-state index contributed by atoms with van der Waals surface area (Å²) in [5.74, 6) is 0. The molecule has 1 N–H and O–H groups in total. The van der Waals surface area contributed by atoms with Crippen LogP contribution in [0.25, 0.3) is 0 Å². The first-order chi connectivity index (χ1) is 6.31. The first kappa shape index (κ1) is 11.0. The second kappa shape index (κ2) is 4.97. The maximum Gasteiger partial charge on any atom is 0.00476 e. The van der Waals surface area contributed by atoms with E-state index in [4.69, 9.17) is 0 Å². The van der Waals surface area contributed by atoms with Crippen LogP contribution in [0.15, 0.2) is 0 Å². The fourth-order valence-electron chi connectivity index (χ4n) is 2.60. The molecule has 0 aromatic heterocycles. The highest BCUT2D eigenvalue weighted by molar-refractivity contribution is 4.92. The molecule has 0 aromatic carbocycles. The summed E-state index contributed by atoms with van der Waals surface area (Å²) >= 11 is 0. The topological polar surface area (TPSA) is 15.3 Å². The van der Waals surface area contributed by atoms with Gasteiger partial charge in [0, 0.05) is 13.1 Å². The van der Waals surface area contributed by atoms with Crippen LogP contribution < -0.4 is 5.32 Å². The molecule has 0 amide bonds. The second-order valence-electron chi connectivity index (χ2n) is 4.27. The lowest BCUT2D eigenvalue weighted by Gasteiger charge is -2.38. The zero-order valence-corrected chi connectivity index (χ0v) is 9.40. The number of nitrogens with one attached hydrogen (secondary N) is 1. The molecule has 0 radical (unpaired) electrons. The first-order valence-electron chi connectivity index (χ1n) is 5.70. The molecular weight excluding hydrogens is 160 g/mol. The van der Waals surface area contributed by atoms with Crippen LogP contribution in [0.1, 0.15) is 33.1 Å². The quantitative estimate of drug-likeness (QED) is 0.616. The van der Waals surface area contributed by atoms with Crippen molar-refractivity contribution in [3.8, 4) is 0 Å². The Kier molecular flexibility index (Phi) is 4.20. The largest absolute Gasteiger partial charge is 0.316 e. The van der Waals surface area contributed by atoms with Gasteiger partial charge in [-0.3, -0.25) is 0 Å². The molecule has 2 heterocycles. The Balaban J connectivity index is 0.000000396. The van der Waals surface area contributed by atoms with E-state index in [9.17, 15) is 0 Å². The van der Waals surface area contributed by atoms with Crippen molar-refractivity contribution in [1.29, 1.82) is 0 Å². The lowest BCUT2D eigenvalue weighted by Crippen LogP contribution is -2.42. The monoisotopic (exact) mass is 184 g/mol. The molecule has 0 aromatic rings. The van der Waals surface area contributed by atoms with Crippen LogP contribution in [0.2, 0.25) is 0 Å². The number of likely N-dealkylation sites (tertiary alicyclic amines) is 1. The van der Waals surface area contributed by atoms with Crippen LogP contribution in [-0.4, -0.2) is 38.1 Å². The van der Waals surface area contributed by atoms with Gasteiger partial charge in [-0.2, -0.15) is 0 Å². The summed E-state index contributed by atoms with van der Waals surface area (Å²) in [7, 11) is 2.25. The van der Waals surface area contributed by atoms with Gasteiger partial charge < -0.3 is 10.2 Å². The first-order valence-corrected chi connectivity index (χ1v) is 5.70. The van der Waals surface area contributed by atoms with Crippen molar-refractivity contribution in [3.05, 3.63) is 0 Å². The van der Waals surface area contributed by atoms with E-state index in [-0.39, 0.29) is 0 Å². The minimum absolute atomic E-state index is 0.660. The molecule has 0 saturated carbocycles. The van der Waals surface area contributed by atoms with E-state index in [0.717, 1.165) is 0 Å². The maximum atomic E-state index is 3.48. The summed E-state index contributed by atoms with van der Waals surface area (Å²) in [6.45, 7) is 9.13. The summed E-state index contributed by atoms with van der Waals surface area (Å²) in [5, 5.41) is 3.48. The zero-order valence-electron chi connectivity index (χ0n) is 9.40.